The number of rotatable bonds is 0. The molecule has 4 aromatic heterocycles. The lowest BCUT2D eigenvalue weighted by Crippen LogP contribution is -1.65. The van der Waals surface area contributed by atoms with E-state index in [1.807, 2.05) is 48.5 Å². The Hall–Kier alpha value is -4.22. The Bertz CT molecular complexity index is 1730. The topological polar surface area (TPSA) is 26.3 Å². The van der Waals surface area contributed by atoms with Gasteiger partial charge in [-0.3, -0.25) is 0 Å². The molecular formula is C30H14O2S2. The molecule has 0 aliphatic rings. The molecule has 34 heavy (non-hydrogen) atoms. The molecule has 0 amide bonds. The van der Waals surface area contributed by atoms with E-state index in [9.17, 15) is 0 Å². The Balaban J connectivity index is 1.19. The molecule has 2 nitrogen and oxygen atoms in total. The van der Waals surface area contributed by atoms with Crippen molar-refractivity contribution in [2.24, 2.45) is 0 Å². The van der Waals surface area contributed by atoms with Crippen molar-refractivity contribution in [3.8, 4) is 23.7 Å². The first-order valence-corrected chi connectivity index (χ1v) is 12.4. The third-order valence-electron chi connectivity index (χ3n) is 5.62. The number of hydrogen-bond acceptors (Lipinski definition) is 4. The van der Waals surface area contributed by atoms with Crippen LogP contribution in [0.4, 0.5) is 0 Å². The van der Waals surface area contributed by atoms with Crippen LogP contribution in [0.15, 0.2) is 93.8 Å². The van der Waals surface area contributed by atoms with Crippen LogP contribution in [-0.2, 0) is 0 Å². The van der Waals surface area contributed by atoms with Gasteiger partial charge in [-0.2, -0.15) is 0 Å². The third kappa shape index (κ3) is 3.47. The van der Waals surface area contributed by atoms with E-state index in [0.717, 1.165) is 31.7 Å². The van der Waals surface area contributed by atoms with Crippen molar-refractivity contribution in [3.05, 3.63) is 106 Å². The van der Waals surface area contributed by atoms with Crippen LogP contribution in [0.1, 0.15) is 21.3 Å². The van der Waals surface area contributed by atoms with Gasteiger partial charge in [-0.15, -0.1) is 22.7 Å². The Morgan fingerprint density at radius 2 is 0.941 bits per heavy atom. The molecule has 0 saturated heterocycles. The van der Waals surface area contributed by atoms with Gasteiger partial charge < -0.3 is 8.83 Å². The van der Waals surface area contributed by atoms with Crippen LogP contribution in [0.25, 0.3) is 42.1 Å². The summed E-state index contributed by atoms with van der Waals surface area (Å²) in [6, 6.07) is 28.7. The predicted octanol–water partition coefficient (Wildman–Crippen LogP) is 8.41. The lowest BCUT2D eigenvalue weighted by Gasteiger charge is -1.87. The van der Waals surface area contributed by atoms with Crippen molar-refractivity contribution in [1.29, 1.82) is 0 Å². The zero-order chi connectivity index (χ0) is 22.5. The van der Waals surface area contributed by atoms with E-state index in [1.54, 1.807) is 22.7 Å². The molecular weight excluding hydrogens is 456 g/mol. The molecule has 0 radical (unpaired) electrons. The summed E-state index contributed by atoms with van der Waals surface area (Å²) in [5, 5.41) is 4.36. The van der Waals surface area contributed by atoms with E-state index in [2.05, 4.69) is 60.1 Å². The van der Waals surface area contributed by atoms with Gasteiger partial charge in [0.05, 0.1) is 9.75 Å². The molecule has 158 valence electrons. The van der Waals surface area contributed by atoms with Gasteiger partial charge >= 0.3 is 0 Å². The fraction of sp³-hybridized carbons (Fsp3) is 0. The summed E-state index contributed by atoms with van der Waals surface area (Å²) in [5.41, 5.74) is 1.58. The van der Waals surface area contributed by atoms with Crippen molar-refractivity contribution >= 4 is 64.8 Å². The number of furan rings is 2. The number of thiophene rings is 2. The lowest BCUT2D eigenvalue weighted by atomic mass is 10.2. The van der Waals surface area contributed by atoms with E-state index in [4.69, 9.17) is 8.83 Å². The minimum atomic E-state index is 0.643. The quantitative estimate of drug-likeness (QED) is 0.208. The molecule has 0 aliphatic heterocycles. The van der Waals surface area contributed by atoms with E-state index >= 15 is 0 Å². The minimum Gasteiger partial charge on any atom is -0.448 e. The second-order valence-corrected chi connectivity index (χ2v) is 10.1. The average Bonchev–Trinajstić information content (AvgIpc) is 3.62. The van der Waals surface area contributed by atoms with E-state index in [-0.39, 0.29) is 0 Å². The smallest absolute Gasteiger partial charge is 0.178 e. The van der Waals surface area contributed by atoms with Gasteiger partial charge in [-0.1, -0.05) is 36.4 Å². The standard InChI is InChI=1S/C30H14O2S2/c1-3-7-29-19(5-1)15-25(33-29)11-9-23-13-21-17-28-22(18-27(21)31-23)14-24(32-28)10-12-26-16-20-6-2-4-8-30(20)34-26/h1-8,13-18H. The Labute approximate surface area is 203 Å². The molecule has 0 saturated carbocycles. The van der Waals surface area contributed by atoms with Gasteiger partial charge in [-0.25, -0.2) is 0 Å². The van der Waals surface area contributed by atoms with Crippen molar-refractivity contribution in [2.75, 3.05) is 0 Å². The normalized spacial score (nSPS) is 11.1. The first kappa shape index (κ1) is 19.3. The van der Waals surface area contributed by atoms with Crippen LogP contribution in [-0.4, -0.2) is 0 Å². The fourth-order valence-corrected chi connectivity index (χ4v) is 5.86. The zero-order valence-corrected chi connectivity index (χ0v) is 19.3. The second kappa shape index (κ2) is 7.68. The van der Waals surface area contributed by atoms with Crippen LogP contribution in [0, 0.1) is 23.7 Å². The highest BCUT2D eigenvalue weighted by atomic mass is 32.1. The van der Waals surface area contributed by atoms with Gasteiger partial charge in [0, 0.05) is 32.3 Å². The molecule has 4 heteroatoms. The molecule has 0 unspecified atom stereocenters. The summed E-state index contributed by atoms with van der Waals surface area (Å²) < 4.78 is 14.5. The highest BCUT2D eigenvalue weighted by Crippen LogP contribution is 2.29. The van der Waals surface area contributed by atoms with Gasteiger partial charge in [0.25, 0.3) is 0 Å². The maximum Gasteiger partial charge on any atom is 0.178 e. The largest absolute Gasteiger partial charge is 0.448 e. The van der Waals surface area contributed by atoms with E-state index in [0.29, 0.717) is 11.5 Å². The van der Waals surface area contributed by atoms with Crippen molar-refractivity contribution in [1.82, 2.24) is 0 Å². The van der Waals surface area contributed by atoms with Crippen LogP contribution in [0.5, 0.6) is 0 Å². The lowest BCUT2D eigenvalue weighted by molar-refractivity contribution is 0.598. The summed E-state index contributed by atoms with van der Waals surface area (Å²) in [6.07, 6.45) is 0. The monoisotopic (exact) mass is 470 g/mol. The number of benzene rings is 3. The highest BCUT2D eigenvalue weighted by molar-refractivity contribution is 7.19. The first-order chi connectivity index (χ1) is 16.8. The summed E-state index contributed by atoms with van der Waals surface area (Å²) in [6.45, 7) is 0. The molecule has 0 spiro atoms. The summed E-state index contributed by atoms with van der Waals surface area (Å²) in [4.78, 5) is 2.05. The third-order valence-corrected chi connectivity index (χ3v) is 7.69. The predicted molar refractivity (Wildman–Crippen MR) is 142 cm³/mol. The zero-order valence-electron chi connectivity index (χ0n) is 17.7. The first-order valence-electron chi connectivity index (χ1n) is 10.8. The van der Waals surface area contributed by atoms with Crippen LogP contribution in [0.3, 0.4) is 0 Å². The van der Waals surface area contributed by atoms with Gasteiger partial charge in [0.2, 0.25) is 0 Å². The molecule has 0 aliphatic carbocycles. The molecule has 0 atom stereocenters. The molecule has 7 rings (SSSR count). The molecule has 7 aromatic rings. The van der Waals surface area contributed by atoms with Crippen molar-refractivity contribution in [3.63, 3.8) is 0 Å². The van der Waals surface area contributed by atoms with Gasteiger partial charge in [0.1, 0.15) is 11.2 Å². The van der Waals surface area contributed by atoms with Gasteiger partial charge in [-0.05, 0) is 70.9 Å². The minimum absolute atomic E-state index is 0.643. The SMILES string of the molecule is C(#Cc1cc2ccccc2s1)c1cc2cc3oc(C#Cc4cc5ccccc5s4)cc3cc2o1. The molecule has 0 fully saturated rings. The maximum atomic E-state index is 6.00. The fourth-order valence-electron chi connectivity index (χ4n) is 4.03. The average molecular weight is 471 g/mol. The molecule has 0 bridgehead atoms. The van der Waals surface area contributed by atoms with Gasteiger partial charge in [0.15, 0.2) is 11.5 Å². The number of fused-ring (bicyclic) bond motifs is 4. The Morgan fingerprint density at radius 3 is 1.41 bits per heavy atom. The second-order valence-electron chi connectivity index (χ2n) is 7.95. The Morgan fingerprint density at radius 1 is 0.471 bits per heavy atom. The van der Waals surface area contributed by atoms with Crippen LogP contribution < -0.4 is 0 Å². The summed E-state index contributed by atoms with van der Waals surface area (Å²) >= 11 is 3.38. The summed E-state index contributed by atoms with van der Waals surface area (Å²) in [5.74, 6) is 14.1. The number of hydrogen-bond donors (Lipinski definition) is 0. The molecule has 4 heterocycles. The van der Waals surface area contributed by atoms with Crippen molar-refractivity contribution in [2.45, 2.75) is 0 Å². The highest BCUT2D eigenvalue weighted by Gasteiger charge is 2.08. The van der Waals surface area contributed by atoms with Crippen LogP contribution in [0.2, 0.25) is 0 Å². The Kier molecular flexibility index (Phi) is 4.35. The molecule has 3 aromatic carbocycles. The van der Waals surface area contributed by atoms with Crippen molar-refractivity contribution < 1.29 is 8.83 Å². The maximum absolute atomic E-state index is 6.00. The summed E-state index contributed by atoms with van der Waals surface area (Å²) in [7, 11) is 0. The van der Waals surface area contributed by atoms with Crippen LogP contribution >= 0.6 is 22.7 Å². The van der Waals surface area contributed by atoms with E-state index < -0.39 is 0 Å². The van der Waals surface area contributed by atoms with E-state index in [1.165, 1.54) is 20.2 Å². The molecule has 0 N–H and O–H groups in total.